The molecule has 0 aromatic carbocycles. The summed E-state index contributed by atoms with van der Waals surface area (Å²) in [6, 6.07) is 1.27. The lowest BCUT2D eigenvalue weighted by atomic mass is 9.78. The minimum absolute atomic E-state index is 0.0424. The highest BCUT2D eigenvalue weighted by Gasteiger charge is 2.29. The van der Waals surface area contributed by atoms with Crippen molar-refractivity contribution in [3.63, 3.8) is 0 Å². The van der Waals surface area contributed by atoms with E-state index in [1.807, 2.05) is 0 Å². The summed E-state index contributed by atoms with van der Waals surface area (Å²) in [6.07, 6.45) is 5.42. The number of halogens is 2. The van der Waals surface area contributed by atoms with E-state index in [1.165, 1.54) is 6.42 Å². The molecule has 1 fully saturated rings. The molecule has 20 heavy (non-hydrogen) atoms. The average Bonchev–Trinajstić information content (AvgIpc) is 2.41. The minimum Gasteiger partial charge on any atom is -0.349 e. The van der Waals surface area contributed by atoms with Crippen LogP contribution in [-0.2, 0) is 0 Å². The zero-order valence-electron chi connectivity index (χ0n) is 11.8. The molecule has 0 radical (unpaired) electrons. The van der Waals surface area contributed by atoms with Crippen LogP contribution in [0.3, 0.4) is 0 Å². The van der Waals surface area contributed by atoms with E-state index < -0.39 is 5.82 Å². The molecule has 2 rings (SSSR count). The van der Waals surface area contributed by atoms with Crippen LogP contribution in [0.4, 0.5) is 4.39 Å². The fourth-order valence-electron chi connectivity index (χ4n) is 2.96. The first-order valence-electron chi connectivity index (χ1n) is 7.11. The zero-order chi connectivity index (χ0) is 14.7. The topological polar surface area (TPSA) is 42.0 Å². The minimum atomic E-state index is -0.552. The summed E-state index contributed by atoms with van der Waals surface area (Å²) in [5.74, 6) is 0.0952. The Morgan fingerprint density at radius 2 is 2.15 bits per heavy atom. The third-order valence-electron chi connectivity index (χ3n) is 4.04. The molecule has 1 aliphatic rings. The third kappa shape index (κ3) is 3.48. The van der Waals surface area contributed by atoms with Crippen molar-refractivity contribution >= 4 is 17.5 Å². The van der Waals surface area contributed by atoms with Gasteiger partial charge in [0, 0.05) is 6.04 Å². The maximum Gasteiger partial charge on any atom is 0.254 e. The fourth-order valence-corrected chi connectivity index (χ4v) is 3.15. The number of nitrogens with one attached hydrogen (secondary N) is 1. The third-order valence-corrected chi connectivity index (χ3v) is 4.34. The van der Waals surface area contributed by atoms with Crippen molar-refractivity contribution in [3.05, 3.63) is 28.8 Å². The van der Waals surface area contributed by atoms with Crippen LogP contribution in [-0.4, -0.2) is 16.9 Å². The quantitative estimate of drug-likeness (QED) is 0.862. The lowest BCUT2D eigenvalue weighted by molar-refractivity contribution is 0.0888. The van der Waals surface area contributed by atoms with Crippen molar-refractivity contribution in [1.29, 1.82) is 0 Å². The van der Waals surface area contributed by atoms with Crippen LogP contribution in [0.15, 0.2) is 12.3 Å². The Labute approximate surface area is 123 Å². The van der Waals surface area contributed by atoms with Crippen molar-refractivity contribution in [2.75, 3.05) is 0 Å². The molecule has 1 aliphatic carbocycles. The van der Waals surface area contributed by atoms with Gasteiger partial charge < -0.3 is 5.32 Å². The summed E-state index contributed by atoms with van der Waals surface area (Å²) >= 11 is 5.87. The molecule has 1 N–H and O–H groups in total. The number of nitrogens with zero attached hydrogens (tertiary/aromatic N) is 1. The summed E-state index contributed by atoms with van der Waals surface area (Å²) < 4.78 is 13.2. The second-order valence-corrected chi connectivity index (χ2v) is 6.12. The predicted molar refractivity (Wildman–Crippen MR) is 77.3 cm³/mol. The van der Waals surface area contributed by atoms with Gasteiger partial charge in [-0.05, 0) is 30.7 Å². The number of rotatable bonds is 3. The Morgan fingerprint density at radius 1 is 1.45 bits per heavy atom. The van der Waals surface area contributed by atoms with Crippen LogP contribution in [0.2, 0.25) is 5.15 Å². The maximum atomic E-state index is 13.2. The monoisotopic (exact) mass is 298 g/mol. The van der Waals surface area contributed by atoms with Crippen molar-refractivity contribution in [3.8, 4) is 0 Å². The van der Waals surface area contributed by atoms with E-state index in [2.05, 4.69) is 24.1 Å². The molecule has 1 saturated carbocycles. The number of pyridine rings is 1. The van der Waals surface area contributed by atoms with Gasteiger partial charge in [0.2, 0.25) is 0 Å². The van der Waals surface area contributed by atoms with E-state index in [0.29, 0.717) is 11.8 Å². The standard InChI is InChI=1S/C15H20ClFN2O/c1-9(2)11-5-3-4-6-13(11)19-15(20)12-7-10(17)8-18-14(12)16/h7-9,11,13H,3-6H2,1-2H3,(H,19,20). The van der Waals surface area contributed by atoms with Crippen LogP contribution >= 0.6 is 11.6 Å². The highest BCUT2D eigenvalue weighted by Crippen LogP contribution is 2.30. The summed E-state index contributed by atoms with van der Waals surface area (Å²) in [7, 11) is 0. The number of amides is 1. The van der Waals surface area contributed by atoms with E-state index in [4.69, 9.17) is 11.6 Å². The van der Waals surface area contributed by atoms with E-state index in [-0.39, 0.29) is 22.7 Å². The van der Waals surface area contributed by atoms with Crippen LogP contribution in [0, 0.1) is 17.7 Å². The van der Waals surface area contributed by atoms with Gasteiger partial charge >= 0.3 is 0 Å². The number of carbonyl (C=O) groups is 1. The Bertz CT molecular complexity index is 493. The Hall–Kier alpha value is -1.16. The average molecular weight is 299 g/mol. The van der Waals surface area contributed by atoms with Gasteiger partial charge in [0.25, 0.3) is 5.91 Å². The number of hydrogen-bond donors (Lipinski definition) is 1. The van der Waals surface area contributed by atoms with Gasteiger partial charge in [0.1, 0.15) is 11.0 Å². The lowest BCUT2D eigenvalue weighted by Crippen LogP contribution is -2.44. The molecule has 110 valence electrons. The molecule has 0 aliphatic heterocycles. The van der Waals surface area contributed by atoms with Crippen LogP contribution in [0.1, 0.15) is 49.9 Å². The summed E-state index contributed by atoms with van der Waals surface area (Å²) in [5, 5.41) is 3.05. The van der Waals surface area contributed by atoms with Crippen molar-refractivity contribution in [1.82, 2.24) is 10.3 Å². The number of hydrogen-bond acceptors (Lipinski definition) is 2. The molecule has 5 heteroatoms. The molecule has 1 amide bonds. The lowest BCUT2D eigenvalue weighted by Gasteiger charge is -2.34. The van der Waals surface area contributed by atoms with E-state index in [0.717, 1.165) is 31.5 Å². The molecule has 0 bridgehead atoms. The smallest absolute Gasteiger partial charge is 0.254 e. The molecular weight excluding hydrogens is 279 g/mol. The fraction of sp³-hybridized carbons (Fsp3) is 0.600. The molecule has 1 heterocycles. The van der Waals surface area contributed by atoms with Gasteiger partial charge in [-0.1, -0.05) is 38.3 Å². The van der Waals surface area contributed by atoms with Gasteiger partial charge in [0.05, 0.1) is 11.8 Å². The first kappa shape index (κ1) is 15.2. The number of carbonyl (C=O) groups excluding carboxylic acids is 1. The van der Waals surface area contributed by atoms with Gasteiger partial charge in [-0.15, -0.1) is 0 Å². The van der Waals surface area contributed by atoms with Crippen molar-refractivity contribution in [2.24, 2.45) is 11.8 Å². The van der Waals surface area contributed by atoms with Gasteiger partial charge in [-0.25, -0.2) is 9.37 Å². The highest BCUT2D eigenvalue weighted by molar-refractivity contribution is 6.32. The van der Waals surface area contributed by atoms with Crippen LogP contribution < -0.4 is 5.32 Å². The van der Waals surface area contributed by atoms with Crippen molar-refractivity contribution < 1.29 is 9.18 Å². The van der Waals surface area contributed by atoms with Gasteiger partial charge in [-0.2, -0.15) is 0 Å². The maximum absolute atomic E-state index is 13.2. The predicted octanol–water partition coefficient (Wildman–Crippen LogP) is 3.82. The van der Waals surface area contributed by atoms with Gasteiger partial charge in [-0.3, -0.25) is 4.79 Å². The summed E-state index contributed by atoms with van der Waals surface area (Å²) in [6.45, 7) is 4.34. The second-order valence-electron chi connectivity index (χ2n) is 5.76. The van der Waals surface area contributed by atoms with E-state index in [9.17, 15) is 9.18 Å². The highest BCUT2D eigenvalue weighted by atomic mass is 35.5. The van der Waals surface area contributed by atoms with Gasteiger partial charge in [0.15, 0.2) is 0 Å². The van der Waals surface area contributed by atoms with Crippen LogP contribution in [0.25, 0.3) is 0 Å². The summed E-state index contributed by atoms with van der Waals surface area (Å²) in [5.41, 5.74) is 0.111. The molecule has 2 atom stereocenters. The first-order chi connectivity index (χ1) is 9.49. The zero-order valence-corrected chi connectivity index (χ0v) is 12.6. The van der Waals surface area contributed by atoms with Crippen LogP contribution in [0.5, 0.6) is 0 Å². The summed E-state index contributed by atoms with van der Waals surface area (Å²) in [4.78, 5) is 15.9. The molecule has 2 unspecified atom stereocenters. The van der Waals surface area contributed by atoms with E-state index >= 15 is 0 Å². The normalized spacial score (nSPS) is 22.9. The first-order valence-corrected chi connectivity index (χ1v) is 7.48. The second kappa shape index (κ2) is 6.53. The van der Waals surface area contributed by atoms with Crippen molar-refractivity contribution in [2.45, 2.75) is 45.6 Å². The largest absolute Gasteiger partial charge is 0.349 e. The molecule has 0 spiro atoms. The molecular formula is C15H20ClFN2O. The SMILES string of the molecule is CC(C)C1CCCCC1NC(=O)c1cc(F)cnc1Cl. The Balaban J connectivity index is 2.11. The Kier molecular flexibility index (Phi) is 4.97. The number of aromatic nitrogens is 1. The Morgan fingerprint density at radius 3 is 2.85 bits per heavy atom. The molecule has 3 nitrogen and oxygen atoms in total. The molecule has 1 aromatic rings. The molecule has 0 saturated heterocycles. The van der Waals surface area contributed by atoms with E-state index in [1.54, 1.807) is 0 Å². The molecule has 1 aromatic heterocycles.